The van der Waals surface area contributed by atoms with Crippen LogP contribution in [0.5, 0.6) is 0 Å². The van der Waals surface area contributed by atoms with Gasteiger partial charge in [0.1, 0.15) is 0 Å². The van der Waals surface area contributed by atoms with Crippen molar-refractivity contribution in [1.29, 1.82) is 0 Å². The Labute approximate surface area is 107 Å². The first-order chi connectivity index (χ1) is 8.74. The van der Waals surface area contributed by atoms with E-state index in [1.54, 1.807) is 6.07 Å². The number of nitrogens with zero attached hydrogens (tertiary/aromatic N) is 1. The number of methoxy groups -OCH3 is 1. The number of carbonyl (C=O) groups excluding carboxylic acids is 1. The van der Waals surface area contributed by atoms with Gasteiger partial charge in [0.2, 0.25) is 0 Å². The first kappa shape index (κ1) is 12.9. The van der Waals surface area contributed by atoms with Crippen LogP contribution in [0.3, 0.4) is 0 Å². The smallest absolute Gasteiger partial charge is 0.339 e. The molecule has 0 atom stereocenters. The maximum atomic E-state index is 11.7. The van der Waals surface area contributed by atoms with E-state index in [1.165, 1.54) is 7.11 Å². The Kier molecular flexibility index (Phi) is 4.20. The molecule has 4 heteroatoms. The molecule has 4 nitrogen and oxygen atoms in total. The molecule has 0 amide bonds. The largest absolute Gasteiger partial charge is 0.465 e. The summed E-state index contributed by atoms with van der Waals surface area (Å²) in [5.74, 6) is -0.287. The Morgan fingerprint density at radius 3 is 2.67 bits per heavy atom. The van der Waals surface area contributed by atoms with Gasteiger partial charge < -0.3 is 14.4 Å². The zero-order valence-corrected chi connectivity index (χ0v) is 10.9. The van der Waals surface area contributed by atoms with Gasteiger partial charge in [-0.3, -0.25) is 0 Å². The molecule has 2 rings (SSSR count). The molecule has 1 aliphatic heterocycles. The molecule has 1 aromatic rings. The van der Waals surface area contributed by atoms with Gasteiger partial charge >= 0.3 is 5.97 Å². The van der Waals surface area contributed by atoms with Gasteiger partial charge in [-0.05, 0) is 25.0 Å². The summed E-state index contributed by atoms with van der Waals surface area (Å²) in [6.45, 7) is 1.57. The fraction of sp³-hybridized carbons (Fsp3) is 0.500. The monoisotopic (exact) mass is 249 g/mol. The lowest BCUT2D eigenvalue weighted by Crippen LogP contribution is -2.37. The van der Waals surface area contributed by atoms with Crippen molar-refractivity contribution in [2.75, 3.05) is 32.3 Å². The minimum Gasteiger partial charge on any atom is -0.465 e. The van der Waals surface area contributed by atoms with E-state index in [1.807, 2.05) is 25.2 Å². The average Bonchev–Trinajstić information content (AvgIpc) is 2.46. The predicted molar refractivity (Wildman–Crippen MR) is 70.0 cm³/mol. The molecule has 0 unspecified atom stereocenters. The van der Waals surface area contributed by atoms with Gasteiger partial charge in [-0.2, -0.15) is 0 Å². The summed E-state index contributed by atoms with van der Waals surface area (Å²) in [7, 11) is 3.44. The van der Waals surface area contributed by atoms with Crippen LogP contribution in [0, 0.1) is 0 Å². The van der Waals surface area contributed by atoms with E-state index in [0.29, 0.717) is 11.6 Å². The lowest BCUT2D eigenvalue weighted by Gasteiger charge is -2.33. The SMILES string of the molecule is COC(=O)c1ccccc1N(C)C1CCOCC1. The van der Waals surface area contributed by atoms with Crippen LogP contribution in [-0.2, 0) is 9.47 Å². The van der Waals surface area contributed by atoms with Gasteiger partial charge in [-0.25, -0.2) is 4.79 Å². The highest BCUT2D eigenvalue weighted by Crippen LogP contribution is 2.25. The highest BCUT2D eigenvalue weighted by Gasteiger charge is 2.22. The van der Waals surface area contributed by atoms with Crippen molar-refractivity contribution in [3.05, 3.63) is 29.8 Å². The summed E-state index contributed by atoms with van der Waals surface area (Å²) in [5.41, 5.74) is 1.55. The molecule has 1 aliphatic rings. The van der Waals surface area contributed by atoms with E-state index in [0.717, 1.165) is 31.7 Å². The topological polar surface area (TPSA) is 38.8 Å². The third-order valence-corrected chi connectivity index (χ3v) is 3.43. The number of ether oxygens (including phenoxy) is 2. The number of carbonyl (C=O) groups is 1. The highest BCUT2D eigenvalue weighted by molar-refractivity contribution is 5.95. The molecule has 1 saturated heterocycles. The van der Waals surface area contributed by atoms with E-state index < -0.39 is 0 Å². The molecule has 0 bridgehead atoms. The molecular formula is C14H19NO3. The Balaban J connectivity index is 2.23. The molecule has 0 saturated carbocycles. The minimum absolute atomic E-state index is 0.287. The lowest BCUT2D eigenvalue weighted by molar-refractivity contribution is 0.0601. The fourth-order valence-corrected chi connectivity index (χ4v) is 2.33. The fourth-order valence-electron chi connectivity index (χ4n) is 2.33. The van der Waals surface area contributed by atoms with Crippen molar-refractivity contribution in [2.45, 2.75) is 18.9 Å². The Morgan fingerprint density at radius 2 is 2.00 bits per heavy atom. The Morgan fingerprint density at radius 1 is 1.33 bits per heavy atom. The maximum Gasteiger partial charge on any atom is 0.339 e. The number of rotatable bonds is 3. The standard InChI is InChI=1S/C14H19NO3/c1-15(11-7-9-18-10-8-11)13-6-4-3-5-12(13)14(16)17-2/h3-6,11H,7-10H2,1-2H3. The van der Waals surface area contributed by atoms with Crippen LogP contribution in [0.25, 0.3) is 0 Å². The van der Waals surface area contributed by atoms with Gasteiger partial charge in [0.25, 0.3) is 0 Å². The second-order valence-corrected chi connectivity index (χ2v) is 4.46. The van der Waals surface area contributed by atoms with Crippen LogP contribution < -0.4 is 4.90 Å². The van der Waals surface area contributed by atoms with Crippen molar-refractivity contribution in [3.63, 3.8) is 0 Å². The Bertz CT molecular complexity index is 413. The molecule has 0 N–H and O–H groups in total. The van der Waals surface area contributed by atoms with Gasteiger partial charge in [0.15, 0.2) is 0 Å². The lowest BCUT2D eigenvalue weighted by atomic mass is 10.0. The van der Waals surface area contributed by atoms with Gasteiger partial charge in [0.05, 0.1) is 18.4 Å². The van der Waals surface area contributed by atoms with Gasteiger partial charge in [-0.15, -0.1) is 0 Å². The number of hydrogen-bond acceptors (Lipinski definition) is 4. The van der Waals surface area contributed by atoms with Crippen molar-refractivity contribution in [1.82, 2.24) is 0 Å². The number of esters is 1. The molecule has 1 heterocycles. The summed E-state index contributed by atoms with van der Waals surface area (Å²) in [6, 6.07) is 7.98. The van der Waals surface area contributed by atoms with Crippen molar-refractivity contribution in [3.8, 4) is 0 Å². The molecule has 98 valence electrons. The predicted octanol–water partition coefficient (Wildman–Crippen LogP) is 2.09. The van der Waals surface area contributed by atoms with Crippen LogP contribution in [0.1, 0.15) is 23.2 Å². The molecule has 18 heavy (non-hydrogen) atoms. The van der Waals surface area contributed by atoms with Crippen molar-refractivity contribution >= 4 is 11.7 Å². The number of hydrogen-bond donors (Lipinski definition) is 0. The van der Waals surface area contributed by atoms with Crippen LogP contribution >= 0.6 is 0 Å². The molecule has 1 aromatic carbocycles. The summed E-state index contributed by atoms with van der Waals surface area (Å²) >= 11 is 0. The van der Waals surface area contributed by atoms with E-state index >= 15 is 0 Å². The average molecular weight is 249 g/mol. The zero-order valence-electron chi connectivity index (χ0n) is 10.9. The van der Waals surface area contributed by atoms with Crippen molar-refractivity contribution in [2.24, 2.45) is 0 Å². The highest BCUT2D eigenvalue weighted by atomic mass is 16.5. The van der Waals surface area contributed by atoms with E-state index in [-0.39, 0.29) is 5.97 Å². The Hall–Kier alpha value is -1.55. The molecular weight excluding hydrogens is 230 g/mol. The number of anilines is 1. The third-order valence-electron chi connectivity index (χ3n) is 3.43. The molecule has 0 spiro atoms. The van der Waals surface area contributed by atoms with Crippen LogP contribution in [0.2, 0.25) is 0 Å². The minimum atomic E-state index is -0.287. The summed E-state index contributed by atoms with van der Waals surface area (Å²) < 4.78 is 10.2. The van der Waals surface area contributed by atoms with E-state index in [9.17, 15) is 4.79 Å². The first-order valence-electron chi connectivity index (χ1n) is 6.22. The maximum absolute atomic E-state index is 11.7. The molecule has 0 aromatic heterocycles. The van der Waals surface area contributed by atoms with E-state index in [2.05, 4.69) is 4.90 Å². The number of benzene rings is 1. The van der Waals surface area contributed by atoms with Crippen molar-refractivity contribution < 1.29 is 14.3 Å². The van der Waals surface area contributed by atoms with E-state index in [4.69, 9.17) is 9.47 Å². The number of para-hydroxylation sites is 1. The summed E-state index contributed by atoms with van der Waals surface area (Å²) in [6.07, 6.45) is 1.98. The summed E-state index contributed by atoms with van der Waals surface area (Å²) in [4.78, 5) is 13.9. The quantitative estimate of drug-likeness (QED) is 0.769. The first-order valence-corrected chi connectivity index (χ1v) is 6.22. The second-order valence-electron chi connectivity index (χ2n) is 4.46. The third kappa shape index (κ3) is 2.64. The second kappa shape index (κ2) is 5.87. The molecule has 0 radical (unpaired) electrons. The summed E-state index contributed by atoms with van der Waals surface area (Å²) in [5, 5.41) is 0. The van der Waals surface area contributed by atoms with Crippen LogP contribution in [0.15, 0.2) is 24.3 Å². The molecule has 0 aliphatic carbocycles. The van der Waals surface area contributed by atoms with Gasteiger partial charge in [0, 0.05) is 26.3 Å². The normalized spacial score (nSPS) is 16.3. The zero-order chi connectivity index (χ0) is 13.0. The van der Waals surface area contributed by atoms with Crippen LogP contribution in [-0.4, -0.2) is 39.4 Å². The van der Waals surface area contributed by atoms with Gasteiger partial charge in [-0.1, -0.05) is 12.1 Å². The molecule has 1 fully saturated rings. The van der Waals surface area contributed by atoms with Crippen LogP contribution in [0.4, 0.5) is 5.69 Å².